The van der Waals surface area contributed by atoms with Gasteiger partial charge in [-0.05, 0) is 24.7 Å². The molecule has 0 spiro atoms. The molecule has 0 amide bonds. The van der Waals surface area contributed by atoms with Crippen LogP contribution >= 0.6 is 0 Å². The van der Waals surface area contributed by atoms with Crippen LogP contribution in [0.5, 0.6) is 0 Å². The van der Waals surface area contributed by atoms with E-state index in [0.717, 1.165) is 6.42 Å². The molecule has 4 heteroatoms. The summed E-state index contributed by atoms with van der Waals surface area (Å²) in [6.07, 6.45) is 3.26. The standard InChI is InChI=1S/C10H19NO2S/c1-3-8-6-14(12,13)7-9(11-8)10(2)4-5-10/h8-9,11H,3-7H2,1-2H3. The Morgan fingerprint density at radius 2 is 2.00 bits per heavy atom. The molecule has 1 N–H and O–H groups in total. The van der Waals surface area contributed by atoms with Gasteiger partial charge in [-0.2, -0.15) is 0 Å². The Morgan fingerprint density at radius 3 is 2.50 bits per heavy atom. The van der Waals surface area contributed by atoms with Crippen LogP contribution in [0.4, 0.5) is 0 Å². The lowest BCUT2D eigenvalue weighted by Crippen LogP contribution is -2.54. The molecule has 2 atom stereocenters. The van der Waals surface area contributed by atoms with Crippen LogP contribution in [0.2, 0.25) is 0 Å². The van der Waals surface area contributed by atoms with Gasteiger partial charge >= 0.3 is 0 Å². The van der Waals surface area contributed by atoms with Gasteiger partial charge in [-0.3, -0.25) is 0 Å². The molecule has 2 aliphatic rings. The lowest BCUT2D eigenvalue weighted by atomic mass is 9.99. The number of rotatable bonds is 2. The smallest absolute Gasteiger partial charge is 0.153 e. The minimum absolute atomic E-state index is 0.177. The normalized spacial score (nSPS) is 39.3. The fourth-order valence-corrected chi connectivity index (χ4v) is 4.28. The average molecular weight is 217 g/mol. The lowest BCUT2D eigenvalue weighted by Gasteiger charge is -2.34. The predicted octanol–water partition coefficient (Wildman–Crippen LogP) is 0.952. The highest BCUT2D eigenvalue weighted by molar-refractivity contribution is 7.91. The van der Waals surface area contributed by atoms with E-state index in [-0.39, 0.29) is 17.5 Å². The largest absolute Gasteiger partial charge is 0.309 e. The van der Waals surface area contributed by atoms with Crippen LogP contribution in [0.3, 0.4) is 0 Å². The average Bonchev–Trinajstić information content (AvgIpc) is 2.82. The molecular weight excluding hydrogens is 198 g/mol. The van der Waals surface area contributed by atoms with Crippen LogP contribution in [-0.2, 0) is 9.84 Å². The molecule has 2 unspecified atom stereocenters. The van der Waals surface area contributed by atoms with E-state index in [1.807, 2.05) is 6.92 Å². The highest BCUT2D eigenvalue weighted by Gasteiger charge is 2.48. The van der Waals surface area contributed by atoms with Crippen LogP contribution in [0.1, 0.15) is 33.1 Å². The van der Waals surface area contributed by atoms with Crippen LogP contribution in [0, 0.1) is 5.41 Å². The molecule has 0 radical (unpaired) electrons. The zero-order valence-corrected chi connectivity index (χ0v) is 9.73. The second-order valence-corrected chi connectivity index (χ2v) is 7.21. The summed E-state index contributed by atoms with van der Waals surface area (Å²) < 4.78 is 23.3. The lowest BCUT2D eigenvalue weighted by molar-refractivity contribution is 0.331. The summed E-state index contributed by atoms with van der Waals surface area (Å²) in [6.45, 7) is 4.24. The van der Waals surface area contributed by atoms with Gasteiger partial charge in [0.1, 0.15) is 0 Å². The minimum Gasteiger partial charge on any atom is -0.309 e. The summed E-state index contributed by atoms with van der Waals surface area (Å²) >= 11 is 0. The molecule has 2 fully saturated rings. The fraction of sp³-hybridized carbons (Fsp3) is 1.00. The van der Waals surface area contributed by atoms with Crippen molar-refractivity contribution in [2.24, 2.45) is 5.41 Å². The molecule has 2 rings (SSSR count). The second kappa shape index (κ2) is 3.20. The van der Waals surface area contributed by atoms with E-state index >= 15 is 0 Å². The summed E-state index contributed by atoms with van der Waals surface area (Å²) in [6, 6.07) is 0.377. The second-order valence-electron chi connectivity index (χ2n) is 5.06. The summed E-state index contributed by atoms with van der Waals surface area (Å²) in [4.78, 5) is 0. The van der Waals surface area contributed by atoms with Crippen LogP contribution < -0.4 is 5.32 Å². The molecule has 0 bridgehead atoms. The maximum Gasteiger partial charge on any atom is 0.153 e. The SMILES string of the molecule is CCC1CS(=O)(=O)CC(C2(C)CC2)N1. The third kappa shape index (κ3) is 1.96. The summed E-state index contributed by atoms with van der Waals surface area (Å²) in [5, 5.41) is 3.48. The molecule has 1 aliphatic carbocycles. The molecular formula is C10H19NO2S. The van der Waals surface area contributed by atoms with E-state index in [4.69, 9.17) is 0 Å². The first-order valence-corrected chi connectivity index (χ1v) is 7.24. The van der Waals surface area contributed by atoms with Crippen molar-refractivity contribution in [3.8, 4) is 0 Å². The van der Waals surface area contributed by atoms with E-state index in [1.54, 1.807) is 0 Å². The van der Waals surface area contributed by atoms with Crippen LogP contribution in [-0.4, -0.2) is 32.0 Å². The monoisotopic (exact) mass is 217 g/mol. The van der Waals surface area contributed by atoms with E-state index < -0.39 is 9.84 Å². The van der Waals surface area contributed by atoms with E-state index in [1.165, 1.54) is 12.8 Å². The first-order chi connectivity index (χ1) is 6.45. The minimum atomic E-state index is -2.80. The zero-order valence-electron chi connectivity index (χ0n) is 8.91. The Hall–Kier alpha value is -0.0900. The highest BCUT2D eigenvalue weighted by Crippen LogP contribution is 2.49. The van der Waals surface area contributed by atoms with Gasteiger partial charge in [0, 0.05) is 12.1 Å². The molecule has 1 heterocycles. The van der Waals surface area contributed by atoms with Crippen molar-refractivity contribution in [1.82, 2.24) is 5.32 Å². The summed E-state index contributed by atoms with van der Waals surface area (Å²) in [5.41, 5.74) is 0.265. The number of hydrogen-bond donors (Lipinski definition) is 1. The first-order valence-electron chi connectivity index (χ1n) is 5.42. The summed E-state index contributed by atoms with van der Waals surface area (Å²) in [7, 11) is -2.80. The van der Waals surface area contributed by atoms with E-state index in [2.05, 4.69) is 12.2 Å². The van der Waals surface area contributed by atoms with Crippen molar-refractivity contribution in [3.05, 3.63) is 0 Å². The van der Waals surface area contributed by atoms with Crippen molar-refractivity contribution >= 4 is 9.84 Å². The highest BCUT2D eigenvalue weighted by atomic mass is 32.2. The van der Waals surface area contributed by atoms with Crippen molar-refractivity contribution in [3.63, 3.8) is 0 Å². The quantitative estimate of drug-likeness (QED) is 0.749. The number of hydrogen-bond acceptors (Lipinski definition) is 3. The Balaban J connectivity index is 2.12. The number of sulfone groups is 1. The predicted molar refractivity (Wildman–Crippen MR) is 57.0 cm³/mol. The van der Waals surface area contributed by atoms with Gasteiger partial charge in [-0.25, -0.2) is 8.42 Å². The molecule has 0 aromatic heterocycles. The molecule has 1 saturated carbocycles. The summed E-state index contributed by atoms with van der Waals surface area (Å²) in [5.74, 6) is 0.677. The topological polar surface area (TPSA) is 46.2 Å². The van der Waals surface area contributed by atoms with Gasteiger partial charge in [-0.15, -0.1) is 0 Å². The maximum absolute atomic E-state index is 11.7. The van der Waals surface area contributed by atoms with Crippen molar-refractivity contribution in [2.75, 3.05) is 11.5 Å². The molecule has 3 nitrogen and oxygen atoms in total. The number of nitrogens with one attached hydrogen (secondary N) is 1. The molecule has 14 heavy (non-hydrogen) atoms. The molecule has 1 aliphatic heterocycles. The molecule has 82 valence electrons. The van der Waals surface area contributed by atoms with Gasteiger partial charge in [0.2, 0.25) is 0 Å². The van der Waals surface area contributed by atoms with Crippen molar-refractivity contribution < 1.29 is 8.42 Å². The molecule has 1 saturated heterocycles. The van der Waals surface area contributed by atoms with Gasteiger partial charge < -0.3 is 5.32 Å². The van der Waals surface area contributed by atoms with Crippen LogP contribution in [0.15, 0.2) is 0 Å². The van der Waals surface area contributed by atoms with Crippen molar-refractivity contribution in [1.29, 1.82) is 0 Å². The zero-order chi connectivity index (χ0) is 10.4. The third-order valence-electron chi connectivity index (χ3n) is 3.69. The van der Waals surface area contributed by atoms with Crippen LogP contribution in [0.25, 0.3) is 0 Å². The van der Waals surface area contributed by atoms with E-state index in [0.29, 0.717) is 11.5 Å². The molecule has 0 aromatic rings. The Bertz CT molecular complexity index is 319. The first kappa shape index (κ1) is 10.4. The molecule has 0 aromatic carbocycles. The van der Waals surface area contributed by atoms with E-state index in [9.17, 15) is 8.42 Å². The Labute approximate surface area is 86.2 Å². The Kier molecular flexibility index (Phi) is 2.39. The maximum atomic E-state index is 11.7. The van der Waals surface area contributed by atoms with Gasteiger partial charge in [0.15, 0.2) is 9.84 Å². The van der Waals surface area contributed by atoms with Crippen molar-refractivity contribution in [2.45, 2.75) is 45.2 Å². The Morgan fingerprint density at radius 1 is 1.36 bits per heavy atom. The van der Waals surface area contributed by atoms with Gasteiger partial charge in [-0.1, -0.05) is 13.8 Å². The fourth-order valence-electron chi connectivity index (χ4n) is 2.19. The van der Waals surface area contributed by atoms with Gasteiger partial charge in [0.25, 0.3) is 0 Å². The van der Waals surface area contributed by atoms with Gasteiger partial charge in [0.05, 0.1) is 11.5 Å². The third-order valence-corrected chi connectivity index (χ3v) is 5.44.